The van der Waals surface area contributed by atoms with Crippen LogP contribution in [0.25, 0.3) is 0 Å². The molecule has 0 spiro atoms. The molecule has 1 fully saturated rings. The minimum atomic E-state index is 0.712. The number of rotatable bonds is 4. The van der Waals surface area contributed by atoms with Crippen LogP contribution in [0.4, 0.5) is 0 Å². The van der Waals surface area contributed by atoms with Crippen LogP contribution in [0.5, 0.6) is 0 Å². The normalized spacial score (nSPS) is 29.8. The highest BCUT2D eigenvalue weighted by Crippen LogP contribution is 2.39. The number of nitrogens with one attached hydrogen (secondary N) is 1. The summed E-state index contributed by atoms with van der Waals surface area (Å²) in [6.07, 6.45) is 2.64. The molecule has 1 N–H and O–H groups in total. The molecule has 0 bridgehead atoms. The molecule has 0 amide bonds. The maximum atomic E-state index is 4.54. The Morgan fingerprint density at radius 1 is 1.56 bits per heavy atom. The summed E-state index contributed by atoms with van der Waals surface area (Å²) in [5, 5.41) is 6.47. The van der Waals surface area contributed by atoms with E-state index >= 15 is 0 Å². The van der Waals surface area contributed by atoms with Gasteiger partial charge in [0.05, 0.1) is 0 Å². The van der Waals surface area contributed by atoms with E-state index in [1.54, 1.807) is 11.3 Å². The first-order valence-corrected chi connectivity index (χ1v) is 7.78. The molecule has 2 rings (SSSR count). The van der Waals surface area contributed by atoms with E-state index in [0.717, 1.165) is 23.4 Å². The van der Waals surface area contributed by atoms with Gasteiger partial charge in [-0.25, -0.2) is 4.98 Å². The maximum Gasteiger partial charge on any atom is 0.150 e. The largest absolute Gasteiger partial charge is 0.314 e. The number of hydrogen-bond acceptors (Lipinski definition) is 4. The van der Waals surface area contributed by atoms with Crippen molar-refractivity contribution in [1.29, 1.82) is 0 Å². The lowest BCUT2D eigenvalue weighted by Crippen LogP contribution is -2.32. The number of hydrogen-bond donors (Lipinski definition) is 1. The highest BCUT2D eigenvalue weighted by molar-refractivity contribution is 8.01. The summed E-state index contributed by atoms with van der Waals surface area (Å²) in [4.78, 5) is 4.54. The van der Waals surface area contributed by atoms with Gasteiger partial charge >= 0.3 is 0 Å². The molecule has 0 radical (unpaired) electrons. The number of thioether (sulfide) groups is 1. The van der Waals surface area contributed by atoms with Gasteiger partial charge in [-0.15, -0.1) is 11.3 Å². The van der Waals surface area contributed by atoms with Crippen molar-refractivity contribution >= 4 is 23.1 Å². The van der Waals surface area contributed by atoms with E-state index in [2.05, 4.69) is 36.5 Å². The first-order chi connectivity index (χ1) is 7.70. The van der Waals surface area contributed by atoms with Crippen LogP contribution in [0, 0.1) is 12.8 Å². The second-order valence-corrected chi connectivity index (χ2v) is 6.86. The molecule has 2 nitrogen and oxygen atoms in total. The van der Waals surface area contributed by atoms with E-state index in [4.69, 9.17) is 0 Å². The van der Waals surface area contributed by atoms with Crippen molar-refractivity contribution in [2.75, 3.05) is 6.54 Å². The monoisotopic (exact) mass is 256 g/mol. The number of aromatic nitrogens is 1. The molecule has 3 atom stereocenters. The van der Waals surface area contributed by atoms with Gasteiger partial charge in [-0.1, -0.05) is 25.6 Å². The van der Waals surface area contributed by atoms with Crippen molar-refractivity contribution < 1.29 is 0 Å². The van der Waals surface area contributed by atoms with Gasteiger partial charge in [-0.05, 0) is 32.2 Å². The minimum Gasteiger partial charge on any atom is -0.314 e. The van der Waals surface area contributed by atoms with Crippen molar-refractivity contribution in [2.45, 2.75) is 49.2 Å². The van der Waals surface area contributed by atoms with Crippen molar-refractivity contribution in [3.8, 4) is 0 Å². The fraction of sp³-hybridized carbons (Fsp3) is 0.750. The summed E-state index contributed by atoms with van der Waals surface area (Å²) < 4.78 is 1.24. The average molecular weight is 256 g/mol. The Morgan fingerprint density at radius 3 is 3.00 bits per heavy atom. The number of nitrogens with zero attached hydrogens (tertiary/aromatic N) is 1. The average Bonchev–Trinajstić information content (AvgIpc) is 2.80. The smallest absolute Gasteiger partial charge is 0.150 e. The Morgan fingerprint density at radius 2 is 2.38 bits per heavy atom. The summed E-state index contributed by atoms with van der Waals surface area (Å²) in [5.74, 6) is 0.758. The predicted octanol–water partition coefficient (Wildman–Crippen LogP) is 3.32. The molecular formula is C12H20N2S2. The molecule has 3 unspecified atom stereocenters. The Bertz CT molecular complexity index is 338. The van der Waals surface area contributed by atoms with Gasteiger partial charge in [0.25, 0.3) is 0 Å². The lowest BCUT2D eigenvalue weighted by Gasteiger charge is -2.20. The standard InChI is InChI=1S/C12H20N2S2/c1-4-13-10-5-6-11(9(10)3)16-12-14-8(2)7-15-12/h7,9-11,13H,4-6H2,1-3H3. The topological polar surface area (TPSA) is 24.9 Å². The Balaban J connectivity index is 1.92. The number of aryl methyl sites for hydroxylation is 1. The molecule has 1 aliphatic carbocycles. The van der Waals surface area contributed by atoms with Crippen LogP contribution in [-0.4, -0.2) is 22.8 Å². The van der Waals surface area contributed by atoms with Crippen molar-refractivity contribution in [3.05, 3.63) is 11.1 Å². The molecule has 1 saturated carbocycles. The highest BCUT2D eigenvalue weighted by Gasteiger charge is 2.33. The minimum absolute atomic E-state index is 0.712. The van der Waals surface area contributed by atoms with Crippen LogP contribution in [0.3, 0.4) is 0 Å². The molecule has 1 aromatic rings. The first-order valence-electron chi connectivity index (χ1n) is 6.03. The predicted molar refractivity (Wildman–Crippen MR) is 72.4 cm³/mol. The maximum absolute atomic E-state index is 4.54. The molecule has 1 aliphatic rings. The van der Waals surface area contributed by atoms with E-state index in [-0.39, 0.29) is 0 Å². The molecule has 1 heterocycles. The summed E-state index contributed by atoms with van der Waals surface area (Å²) in [6, 6.07) is 0.712. The first kappa shape index (κ1) is 12.4. The number of thiazole rings is 1. The zero-order valence-electron chi connectivity index (χ0n) is 10.2. The van der Waals surface area contributed by atoms with Crippen molar-refractivity contribution in [3.63, 3.8) is 0 Å². The molecule has 0 aromatic carbocycles. The summed E-state index contributed by atoms with van der Waals surface area (Å²) >= 11 is 3.76. The summed E-state index contributed by atoms with van der Waals surface area (Å²) in [6.45, 7) is 7.72. The van der Waals surface area contributed by atoms with E-state index in [1.807, 2.05) is 11.8 Å². The van der Waals surface area contributed by atoms with Crippen LogP contribution >= 0.6 is 23.1 Å². The van der Waals surface area contributed by atoms with Crippen molar-refractivity contribution in [1.82, 2.24) is 10.3 Å². The van der Waals surface area contributed by atoms with Crippen molar-refractivity contribution in [2.24, 2.45) is 5.92 Å². The zero-order valence-corrected chi connectivity index (χ0v) is 11.8. The molecule has 90 valence electrons. The van der Waals surface area contributed by atoms with Gasteiger partial charge in [-0.2, -0.15) is 0 Å². The van der Waals surface area contributed by atoms with Gasteiger partial charge < -0.3 is 5.32 Å². The van der Waals surface area contributed by atoms with Gasteiger partial charge in [0, 0.05) is 22.4 Å². The van der Waals surface area contributed by atoms with Crippen LogP contribution in [0.1, 0.15) is 32.4 Å². The molecular weight excluding hydrogens is 236 g/mol. The van der Waals surface area contributed by atoms with E-state index in [9.17, 15) is 0 Å². The Hall–Kier alpha value is -0.0600. The zero-order chi connectivity index (χ0) is 11.5. The van der Waals surface area contributed by atoms with Gasteiger partial charge in [-0.3, -0.25) is 0 Å². The second kappa shape index (κ2) is 5.52. The molecule has 0 aliphatic heterocycles. The molecule has 0 saturated heterocycles. The van der Waals surface area contributed by atoms with Crippen LogP contribution in [-0.2, 0) is 0 Å². The van der Waals surface area contributed by atoms with Crippen LogP contribution in [0.15, 0.2) is 9.72 Å². The van der Waals surface area contributed by atoms with Gasteiger partial charge in [0.2, 0.25) is 0 Å². The SMILES string of the molecule is CCNC1CCC(Sc2nc(C)cs2)C1C. The second-order valence-electron chi connectivity index (χ2n) is 4.51. The van der Waals surface area contributed by atoms with E-state index in [1.165, 1.54) is 17.2 Å². The molecule has 1 aromatic heterocycles. The van der Waals surface area contributed by atoms with E-state index in [0.29, 0.717) is 6.04 Å². The van der Waals surface area contributed by atoms with E-state index < -0.39 is 0 Å². The third-order valence-corrected chi connectivity index (χ3v) is 5.89. The Kier molecular flexibility index (Phi) is 4.27. The van der Waals surface area contributed by atoms with Gasteiger partial charge in [0.1, 0.15) is 4.34 Å². The highest BCUT2D eigenvalue weighted by atomic mass is 32.2. The fourth-order valence-corrected chi connectivity index (χ4v) is 4.73. The Labute approximate surface area is 106 Å². The molecule has 16 heavy (non-hydrogen) atoms. The van der Waals surface area contributed by atoms with Gasteiger partial charge in [0.15, 0.2) is 0 Å². The summed E-state index contributed by atoms with van der Waals surface area (Å²) in [7, 11) is 0. The fourth-order valence-electron chi connectivity index (χ4n) is 2.36. The van der Waals surface area contributed by atoms with Crippen LogP contribution in [0.2, 0.25) is 0 Å². The molecule has 4 heteroatoms. The third-order valence-electron chi connectivity index (χ3n) is 3.30. The lowest BCUT2D eigenvalue weighted by atomic mass is 10.1. The quantitative estimate of drug-likeness (QED) is 0.894. The lowest BCUT2D eigenvalue weighted by molar-refractivity contribution is 0.441. The third kappa shape index (κ3) is 2.79. The summed E-state index contributed by atoms with van der Waals surface area (Å²) in [5.41, 5.74) is 1.15. The van der Waals surface area contributed by atoms with Crippen LogP contribution < -0.4 is 5.32 Å².